The fraction of sp³-hybridized carbons (Fsp3) is 0.222. The summed E-state index contributed by atoms with van der Waals surface area (Å²) in [6.45, 7) is 1.07. The van der Waals surface area contributed by atoms with Crippen molar-refractivity contribution in [1.29, 1.82) is 0 Å². The summed E-state index contributed by atoms with van der Waals surface area (Å²) in [4.78, 5) is 28.0. The van der Waals surface area contributed by atoms with Gasteiger partial charge in [-0.25, -0.2) is 8.78 Å². The van der Waals surface area contributed by atoms with Crippen LogP contribution in [-0.2, 0) is 0 Å². The number of carbonyl (C=O) groups is 2. The Labute approximate surface area is 158 Å². The van der Waals surface area contributed by atoms with Gasteiger partial charge >= 0.3 is 0 Å². The van der Waals surface area contributed by atoms with Gasteiger partial charge in [-0.1, -0.05) is 23.2 Å². The lowest BCUT2D eigenvalue weighted by Gasteiger charge is -2.35. The van der Waals surface area contributed by atoms with Gasteiger partial charge < -0.3 is 9.80 Å². The van der Waals surface area contributed by atoms with Crippen molar-refractivity contribution >= 4 is 35.0 Å². The molecular formula is C18H14Cl2F2N2O2. The molecule has 1 saturated heterocycles. The Hall–Kier alpha value is -2.18. The van der Waals surface area contributed by atoms with Crippen molar-refractivity contribution in [2.45, 2.75) is 0 Å². The minimum atomic E-state index is -0.901. The molecule has 0 atom stereocenters. The highest BCUT2D eigenvalue weighted by atomic mass is 35.5. The van der Waals surface area contributed by atoms with Gasteiger partial charge in [-0.15, -0.1) is 0 Å². The van der Waals surface area contributed by atoms with Crippen LogP contribution in [0.15, 0.2) is 36.4 Å². The predicted octanol–water partition coefficient (Wildman–Crippen LogP) is 3.87. The second kappa shape index (κ2) is 7.60. The third-order valence-electron chi connectivity index (χ3n) is 4.13. The van der Waals surface area contributed by atoms with E-state index in [4.69, 9.17) is 23.2 Å². The minimum Gasteiger partial charge on any atom is -0.335 e. The van der Waals surface area contributed by atoms with E-state index in [0.717, 1.165) is 12.1 Å². The first-order chi connectivity index (χ1) is 12.3. The number of amides is 2. The number of benzene rings is 2. The summed E-state index contributed by atoms with van der Waals surface area (Å²) < 4.78 is 26.8. The van der Waals surface area contributed by atoms with Gasteiger partial charge in [0.2, 0.25) is 0 Å². The zero-order valence-electron chi connectivity index (χ0n) is 13.5. The molecule has 0 unspecified atom stereocenters. The molecule has 26 heavy (non-hydrogen) atoms. The second-order valence-corrected chi connectivity index (χ2v) is 6.74. The van der Waals surface area contributed by atoms with Crippen LogP contribution in [0, 0.1) is 11.6 Å². The third kappa shape index (κ3) is 3.97. The number of halogens is 4. The van der Waals surface area contributed by atoms with E-state index in [1.807, 2.05) is 0 Å². The van der Waals surface area contributed by atoms with Crippen molar-refractivity contribution in [1.82, 2.24) is 9.80 Å². The molecule has 1 aliphatic rings. The Morgan fingerprint density at radius 1 is 0.808 bits per heavy atom. The topological polar surface area (TPSA) is 40.6 Å². The van der Waals surface area contributed by atoms with Gasteiger partial charge in [0.1, 0.15) is 11.6 Å². The van der Waals surface area contributed by atoms with Crippen molar-refractivity contribution in [2.24, 2.45) is 0 Å². The third-order valence-corrected chi connectivity index (χ3v) is 4.56. The molecule has 0 radical (unpaired) electrons. The lowest BCUT2D eigenvalue weighted by Crippen LogP contribution is -2.50. The van der Waals surface area contributed by atoms with E-state index >= 15 is 0 Å². The van der Waals surface area contributed by atoms with E-state index in [2.05, 4.69) is 0 Å². The lowest BCUT2D eigenvalue weighted by atomic mass is 10.1. The van der Waals surface area contributed by atoms with Crippen LogP contribution in [0.2, 0.25) is 10.0 Å². The van der Waals surface area contributed by atoms with Gasteiger partial charge in [-0.05, 0) is 30.3 Å². The number of hydrogen-bond donors (Lipinski definition) is 0. The summed E-state index contributed by atoms with van der Waals surface area (Å²) in [6, 6.07) is 7.43. The fourth-order valence-corrected chi connectivity index (χ4v) is 3.33. The lowest BCUT2D eigenvalue weighted by molar-refractivity contribution is 0.0532. The molecule has 4 nitrogen and oxygen atoms in total. The maximum Gasteiger partial charge on any atom is 0.256 e. The standard InChI is InChI=1S/C18H14Cl2F2N2O2/c19-12-7-11(8-13(20)9-12)17(25)23-3-5-24(6-4-23)18(26)15-2-1-14(21)10-16(15)22/h1-2,7-10H,3-6H2. The molecule has 1 heterocycles. The molecule has 2 aromatic carbocycles. The number of piperazine rings is 1. The molecule has 2 aromatic rings. The van der Waals surface area contributed by atoms with Crippen LogP contribution in [0.5, 0.6) is 0 Å². The second-order valence-electron chi connectivity index (χ2n) is 5.87. The first-order valence-corrected chi connectivity index (χ1v) is 8.60. The van der Waals surface area contributed by atoms with Gasteiger partial charge in [0.25, 0.3) is 11.8 Å². The highest BCUT2D eigenvalue weighted by molar-refractivity contribution is 6.35. The molecule has 0 aliphatic carbocycles. The molecular weight excluding hydrogens is 385 g/mol. The largest absolute Gasteiger partial charge is 0.335 e. The van der Waals surface area contributed by atoms with Gasteiger partial charge in [0, 0.05) is 47.9 Å². The quantitative estimate of drug-likeness (QED) is 0.770. The molecule has 8 heteroatoms. The Morgan fingerprint density at radius 3 is 1.88 bits per heavy atom. The van der Waals surface area contributed by atoms with Crippen LogP contribution in [0.1, 0.15) is 20.7 Å². The van der Waals surface area contributed by atoms with Gasteiger partial charge in [-0.3, -0.25) is 9.59 Å². The van der Waals surface area contributed by atoms with Gasteiger partial charge in [-0.2, -0.15) is 0 Å². The molecule has 0 saturated carbocycles. The smallest absolute Gasteiger partial charge is 0.256 e. The van der Waals surface area contributed by atoms with E-state index in [0.29, 0.717) is 21.7 Å². The SMILES string of the molecule is O=C(c1cc(Cl)cc(Cl)c1)N1CCN(C(=O)c2ccc(F)cc2F)CC1. The molecule has 0 N–H and O–H groups in total. The van der Waals surface area contributed by atoms with Crippen molar-refractivity contribution in [3.05, 3.63) is 69.2 Å². The zero-order chi connectivity index (χ0) is 18.8. The molecule has 0 spiro atoms. The fourth-order valence-electron chi connectivity index (χ4n) is 2.81. The Morgan fingerprint density at radius 2 is 1.35 bits per heavy atom. The number of carbonyl (C=O) groups excluding carboxylic acids is 2. The Balaban J connectivity index is 1.67. The summed E-state index contributed by atoms with van der Waals surface area (Å²) in [6.07, 6.45) is 0. The highest BCUT2D eigenvalue weighted by Crippen LogP contribution is 2.21. The van der Waals surface area contributed by atoms with Gasteiger partial charge in [0.15, 0.2) is 0 Å². The average molecular weight is 399 g/mol. The molecule has 3 rings (SSSR count). The predicted molar refractivity (Wildman–Crippen MR) is 94.6 cm³/mol. The van der Waals surface area contributed by atoms with Crippen LogP contribution >= 0.6 is 23.2 Å². The minimum absolute atomic E-state index is 0.187. The maximum atomic E-state index is 13.8. The first kappa shape index (κ1) is 18.6. The number of rotatable bonds is 2. The van der Waals surface area contributed by atoms with Crippen LogP contribution < -0.4 is 0 Å². The van der Waals surface area contributed by atoms with Crippen LogP contribution in [-0.4, -0.2) is 47.8 Å². The van der Waals surface area contributed by atoms with Crippen molar-refractivity contribution in [3.8, 4) is 0 Å². The zero-order valence-corrected chi connectivity index (χ0v) is 15.0. The summed E-state index contributed by atoms with van der Waals surface area (Å²) in [7, 11) is 0. The van der Waals surface area contributed by atoms with E-state index in [1.165, 1.54) is 23.1 Å². The van der Waals surface area contributed by atoms with Crippen molar-refractivity contribution in [3.63, 3.8) is 0 Å². The number of nitrogens with zero attached hydrogens (tertiary/aromatic N) is 2. The molecule has 136 valence electrons. The number of hydrogen-bond acceptors (Lipinski definition) is 2. The van der Waals surface area contributed by atoms with E-state index < -0.39 is 17.5 Å². The monoisotopic (exact) mass is 398 g/mol. The highest BCUT2D eigenvalue weighted by Gasteiger charge is 2.27. The van der Waals surface area contributed by atoms with E-state index in [9.17, 15) is 18.4 Å². The summed E-state index contributed by atoms with van der Waals surface area (Å²) >= 11 is 11.8. The molecule has 1 fully saturated rings. The first-order valence-electron chi connectivity index (χ1n) is 7.85. The molecule has 0 aromatic heterocycles. The van der Waals surface area contributed by atoms with Crippen LogP contribution in [0.4, 0.5) is 8.78 Å². The van der Waals surface area contributed by atoms with Crippen molar-refractivity contribution < 1.29 is 18.4 Å². The molecule has 1 aliphatic heterocycles. The average Bonchev–Trinajstić information content (AvgIpc) is 2.60. The van der Waals surface area contributed by atoms with E-state index in [1.54, 1.807) is 4.90 Å². The Bertz CT molecular complexity index is 848. The van der Waals surface area contributed by atoms with Crippen molar-refractivity contribution in [2.75, 3.05) is 26.2 Å². The molecule has 0 bridgehead atoms. The Kier molecular flexibility index (Phi) is 5.44. The maximum absolute atomic E-state index is 13.8. The van der Waals surface area contributed by atoms with Crippen LogP contribution in [0.3, 0.4) is 0 Å². The summed E-state index contributed by atoms with van der Waals surface area (Å²) in [5, 5.41) is 0.725. The summed E-state index contributed by atoms with van der Waals surface area (Å²) in [5.74, 6) is -2.41. The van der Waals surface area contributed by atoms with E-state index in [-0.39, 0.29) is 37.6 Å². The van der Waals surface area contributed by atoms with Gasteiger partial charge in [0.05, 0.1) is 5.56 Å². The molecule has 2 amide bonds. The normalized spacial score (nSPS) is 14.5. The van der Waals surface area contributed by atoms with Crippen LogP contribution in [0.25, 0.3) is 0 Å². The summed E-state index contributed by atoms with van der Waals surface area (Å²) in [5.41, 5.74) is 0.180.